The number of hydrogen-bond acceptors (Lipinski definition) is 5. The lowest BCUT2D eigenvalue weighted by atomic mass is 9.71. The number of methoxy groups -OCH3 is 1. The summed E-state index contributed by atoms with van der Waals surface area (Å²) >= 11 is 0. The molecule has 0 saturated heterocycles. The van der Waals surface area contributed by atoms with Gasteiger partial charge in [0.05, 0.1) is 19.1 Å². The first-order valence-corrected chi connectivity index (χ1v) is 9.69. The predicted octanol–water partition coefficient (Wildman–Crippen LogP) is 1.96. The first-order valence-electron chi connectivity index (χ1n) is 9.69. The Kier molecular flexibility index (Phi) is 6.63. The summed E-state index contributed by atoms with van der Waals surface area (Å²) in [5, 5.41) is 2.46. The molecule has 3 rings (SSSR count). The molecule has 2 radical (unpaired) electrons. The lowest BCUT2D eigenvalue weighted by Gasteiger charge is -2.37. The molecular weight excluding hydrogens is 402 g/mol. The molecule has 0 saturated carbocycles. The molecule has 1 unspecified atom stereocenters. The highest BCUT2D eigenvalue weighted by Gasteiger charge is 2.45. The Balaban J connectivity index is 1.87. The van der Waals surface area contributed by atoms with Crippen molar-refractivity contribution in [2.45, 2.75) is 31.4 Å². The summed E-state index contributed by atoms with van der Waals surface area (Å²) in [5.74, 6) is -0.583. The number of nitrogens with one attached hydrogen (secondary N) is 1. The van der Waals surface area contributed by atoms with Gasteiger partial charge in [-0.15, -0.1) is 0 Å². The molecule has 0 bridgehead atoms. The number of halogens is 1. The predicted molar refractivity (Wildman–Crippen MR) is 111 cm³/mol. The molecule has 1 heterocycles. The van der Waals surface area contributed by atoms with Crippen molar-refractivity contribution < 1.29 is 28.2 Å². The van der Waals surface area contributed by atoms with E-state index in [2.05, 4.69) is 5.32 Å². The van der Waals surface area contributed by atoms with Gasteiger partial charge in [-0.05, 0) is 36.8 Å². The van der Waals surface area contributed by atoms with Crippen LogP contribution in [0.2, 0.25) is 0 Å². The monoisotopic (exact) mass is 424 g/mol. The molecule has 7 nitrogen and oxygen atoms in total. The number of hydrogen-bond donors (Lipinski definition) is 1. The second-order valence-corrected chi connectivity index (χ2v) is 7.13. The average Bonchev–Trinajstić information content (AvgIpc) is 3.14. The zero-order valence-corrected chi connectivity index (χ0v) is 17.3. The second kappa shape index (κ2) is 9.20. The summed E-state index contributed by atoms with van der Waals surface area (Å²) in [4.78, 5) is 37.6. The molecule has 31 heavy (non-hydrogen) atoms. The topological polar surface area (TPSA) is 84.9 Å². The molecule has 1 N–H and O–H groups in total. The Hall–Kier alpha value is -3.36. The van der Waals surface area contributed by atoms with Crippen molar-refractivity contribution in [3.63, 3.8) is 0 Å². The second-order valence-electron chi connectivity index (χ2n) is 7.13. The summed E-state index contributed by atoms with van der Waals surface area (Å²) in [7, 11) is 9.21. The summed E-state index contributed by atoms with van der Waals surface area (Å²) in [6.07, 6.45) is 0.638. The van der Waals surface area contributed by atoms with Gasteiger partial charge in [0.25, 0.3) is 5.91 Å². The van der Waals surface area contributed by atoms with Gasteiger partial charge in [0.1, 0.15) is 38.1 Å². The van der Waals surface area contributed by atoms with E-state index in [0.29, 0.717) is 34.5 Å². The number of ether oxygens (including phenoxy) is 2. The zero-order chi connectivity index (χ0) is 22.6. The van der Waals surface area contributed by atoms with Crippen LogP contribution in [0.25, 0.3) is 0 Å². The average molecular weight is 424 g/mol. The van der Waals surface area contributed by atoms with Crippen molar-refractivity contribution in [1.82, 2.24) is 10.2 Å². The molecule has 1 aliphatic rings. The van der Waals surface area contributed by atoms with Crippen LogP contribution in [0.15, 0.2) is 36.4 Å². The molecule has 1 aliphatic heterocycles. The summed E-state index contributed by atoms with van der Waals surface area (Å²) in [5.41, 5.74) is -0.515. The van der Waals surface area contributed by atoms with E-state index in [0.717, 1.165) is 0 Å². The lowest BCUT2D eigenvalue weighted by molar-refractivity contribution is -0.127. The number of fused-ring (bicyclic) bond motifs is 1. The van der Waals surface area contributed by atoms with Crippen LogP contribution < -0.4 is 14.8 Å². The number of benzene rings is 2. The maximum absolute atomic E-state index is 14.1. The van der Waals surface area contributed by atoms with Crippen LogP contribution in [0.3, 0.4) is 0 Å². The fraction of sp³-hybridized carbons (Fsp3) is 0.318. The molecule has 2 aromatic carbocycles. The summed E-state index contributed by atoms with van der Waals surface area (Å²) in [6, 6.07) is 9.25. The number of carbonyl (C=O) groups excluding carboxylic acids is 3. The quantitative estimate of drug-likeness (QED) is 0.492. The number of amides is 2. The van der Waals surface area contributed by atoms with Gasteiger partial charge in [-0.25, -0.2) is 4.39 Å². The van der Waals surface area contributed by atoms with Crippen molar-refractivity contribution >= 4 is 25.9 Å². The van der Waals surface area contributed by atoms with Crippen LogP contribution in [0.4, 0.5) is 4.39 Å². The Morgan fingerprint density at radius 2 is 2.13 bits per heavy atom. The normalized spacial score (nSPS) is 14.5. The number of likely N-dealkylation sites (N-methyl/N-ethyl adjacent to an activating group) is 1. The van der Waals surface area contributed by atoms with Crippen LogP contribution in [0, 0.1) is 5.82 Å². The minimum Gasteiger partial charge on any atom is -0.497 e. The van der Waals surface area contributed by atoms with Gasteiger partial charge in [-0.3, -0.25) is 9.59 Å². The SMILES string of the molecule is [B]C(CCC=O)(C(=O)NC)N1Cc2c(OCc3cc(OC)ccc3F)cccc2C1=O. The van der Waals surface area contributed by atoms with Gasteiger partial charge in [-0.2, -0.15) is 0 Å². The van der Waals surface area contributed by atoms with Crippen LogP contribution in [0.1, 0.15) is 34.3 Å². The summed E-state index contributed by atoms with van der Waals surface area (Å²) < 4.78 is 25.1. The number of aldehydes is 1. The fourth-order valence-corrected chi connectivity index (χ4v) is 3.57. The van der Waals surface area contributed by atoms with Crippen molar-refractivity contribution in [3.8, 4) is 11.5 Å². The number of carbonyl (C=O) groups is 3. The van der Waals surface area contributed by atoms with Gasteiger partial charge in [-0.1, -0.05) is 6.07 Å². The Morgan fingerprint density at radius 1 is 1.35 bits per heavy atom. The largest absolute Gasteiger partial charge is 0.497 e. The number of rotatable bonds is 9. The van der Waals surface area contributed by atoms with Gasteiger partial charge in [0.2, 0.25) is 5.91 Å². The van der Waals surface area contributed by atoms with Crippen molar-refractivity contribution in [2.75, 3.05) is 14.2 Å². The Bertz CT molecular complexity index is 1020. The standard InChI is InChI=1S/C22H22BFN2O5/c1-25-21(29)22(23,9-4-10-27)26-12-17-16(20(26)28)5-3-6-19(17)31-13-14-11-15(30-2)7-8-18(14)24/h3,5-8,10-11H,4,9,12-13H2,1-2H3,(H,25,29). The molecule has 0 fully saturated rings. The molecule has 0 spiro atoms. The molecule has 0 aromatic heterocycles. The van der Waals surface area contributed by atoms with E-state index in [-0.39, 0.29) is 26.0 Å². The molecule has 160 valence electrons. The van der Waals surface area contributed by atoms with Crippen LogP contribution in [0.5, 0.6) is 11.5 Å². The van der Waals surface area contributed by atoms with E-state index in [4.69, 9.17) is 17.3 Å². The zero-order valence-electron chi connectivity index (χ0n) is 17.3. The lowest BCUT2D eigenvalue weighted by Crippen LogP contribution is -2.59. The van der Waals surface area contributed by atoms with E-state index in [1.807, 2.05) is 0 Å². The molecular formula is C22H22BFN2O5. The minimum absolute atomic E-state index is 0.0164. The van der Waals surface area contributed by atoms with E-state index in [9.17, 15) is 18.8 Å². The molecule has 1 atom stereocenters. The maximum atomic E-state index is 14.1. The highest BCUT2D eigenvalue weighted by Crippen LogP contribution is 2.36. The first kappa shape index (κ1) is 22.3. The highest BCUT2D eigenvalue weighted by molar-refractivity contribution is 6.30. The highest BCUT2D eigenvalue weighted by atomic mass is 19.1. The number of nitrogens with zero attached hydrogens (tertiary/aromatic N) is 1. The minimum atomic E-state index is -1.69. The maximum Gasteiger partial charge on any atom is 0.254 e. The third-order valence-electron chi connectivity index (χ3n) is 5.31. The van der Waals surface area contributed by atoms with Gasteiger partial charge < -0.3 is 24.5 Å². The van der Waals surface area contributed by atoms with E-state index in [1.54, 1.807) is 18.2 Å². The van der Waals surface area contributed by atoms with Crippen LogP contribution >= 0.6 is 0 Å². The van der Waals surface area contributed by atoms with Gasteiger partial charge in [0.15, 0.2) is 0 Å². The molecule has 9 heteroatoms. The van der Waals surface area contributed by atoms with Crippen molar-refractivity contribution in [3.05, 3.63) is 58.9 Å². The third-order valence-corrected chi connectivity index (χ3v) is 5.31. The van der Waals surface area contributed by atoms with E-state index in [1.165, 1.54) is 37.3 Å². The fourth-order valence-electron chi connectivity index (χ4n) is 3.57. The van der Waals surface area contributed by atoms with Gasteiger partial charge in [0, 0.05) is 30.2 Å². The summed E-state index contributed by atoms with van der Waals surface area (Å²) in [6.45, 7) is -0.0598. The molecule has 2 aromatic rings. The molecule has 0 aliphatic carbocycles. The van der Waals surface area contributed by atoms with Crippen LogP contribution in [-0.2, 0) is 22.7 Å². The van der Waals surface area contributed by atoms with Crippen molar-refractivity contribution in [1.29, 1.82) is 0 Å². The van der Waals surface area contributed by atoms with Crippen molar-refractivity contribution in [2.24, 2.45) is 0 Å². The Morgan fingerprint density at radius 3 is 2.81 bits per heavy atom. The smallest absolute Gasteiger partial charge is 0.254 e. The first-order chi connectivity index (χ1) is 14.8. The van der Waals surface area contributed by atoms with E-state index >= 15 is 0 Å². The van der Waals surface area contributed by atoms with Gasteiger partial charge >= 0.3 is 0 Å². The third kappa shape index (κ3) is 4.26. The molecule has 2 amide bonds. The van der Waals surface area contributed by atoms with E-state index < -0.39 is 23.1 Å². The van der Waals surface area contributed by atoms with Crippen LogP contribution in [-0.4, -0.2) is 50.4 Å². The Labute approximate surface area is 180 Å².